The smallest absolute Gasteiger partial charge is 0.142 e. The molecular formula is C23H34ClF. The maximum Gasteiger partial charge on any atom is 0.142 e. The molecule has 0 heterocycles. The second-order valence-corrected chi connectivity index (χ2v) is 8.94. The minimum absolute atomic E-state index is 0.241. The quantitative estimate of drug-likeness (QED) is 0.407. The van der Waals surface area contributed by atoms with Crippen LogP contribution >= 0.6 is 11.6 Å². The Morgan fingerprint density at radius 2 is 1.40 bits per heavy atom. The van der Waals surface area contributed by atoms with Gasteiger partial charge in [-0.25, -0.2) is 4.39 Å². The Balaban J connectivity index is 1.27. The Morgan fingerprint density at radius 1 is 0.800 bits per heavy atom. The van der Waals surface area contributed by atoms with E-state index in [0.29, 0.717) is 5.92 Å². The third kappa shape index (κ3) is 5.98. The molecular weight excluding hydrogens is 331 g/mol. The Hall–Kier alpha value is -0.560. The molecule has 0 saturated heterocycles. The lowest BCUT2D eigenvalue weighted by atomic mass is 9.77. The fraction of sp³-hybridized carbons (Fsp3) is 0.739. The number of rotatable bonds is 8. The van der Waals surface area contributed by atoms with E-state index in [1.165, 1.54) is 89.9 Å². The standard InChI is InChI=1S/C23H34ClF/c24-22-16-15-21(17-23(22)25)20-13-11-19(12-14-20)8-4-2-1-3-7-18-9-5-6-10-18/h15-20H,1-14H2. The number of halogens is 2. The van der Waals surface area contributed by atoms with E-state index in [1.807, 2.05) is 6.07 Å². The molecule has 2 saturated carbocycles. The molecule has 0 unspecified atom stereocenters. The highest BCUT2D eigenvalue weighted by molar-refractivity contribution is 6.30. The Morgan fingerprint density at radius 3 is 2.00 bits per heavy atom. The number of hydrogen-bond donors (Lipinski definition) is 0. The summed E-state index contributed by atoms with van der Waals surface area (Å²) in [6, 6.07) is 5.38. The summed E-state index contributed by atoms with van der Waals surface area (Å²) in [4.78, 5) is 0. The van der Waals surface area contributed by atoms with Crippen LogP contribution < -0.4 is 0 Å². The second kappa shape index (κ2) is 9.95. The van der Waals surface area contributed by atoms with Crippen LogP contribution in [-0.4, -0.2) is 0 Å². The maximum absolute atomic E-state index is 13.6. The topological polar surface area (TPSA) is 0 Å². The van der Waals surface area contributed by atoms with Crippen molar-refractivity contribution in [1.82, 2.24) is 0 Å². The highest BCUT2D eigenvalue weighted by atomic mass is 35.5. The fourth-order valence-electron chi connectivity index (χ4n) is 5.07. The number of benzene rings is 1. The van der Waals surface area contributed by atoms with Crippen molar-refractivity contribution in [2.75, 3.05) is 0 Å². The zero-order chi connectivity index (χ0) is 17.5. The zero-order valence-corrected chi connectivity index (χ0v) is 16.4. The van der Waals surface area contributed by atoms with Gasteiger partial charge in [0.05, 0.1) is 5.02 Å². The normalized spacial score (nSPS) is 24.7. The average Bonchev–Trinajstić information content (AvgIpc) is 3.14. The van der Waals surface area contributed by atoms with Crippen LogP contribution in [0.3, 0.4) is 0 Å². The molecule has 0 spiro atoms. The number of hydrogen-bond acceptors (Lipinski definition) is 0. The van der Waals surface area contributed by atoms with Crippen LogP contribution in [0.4, 0.5) is 4.39 Å². The van der Waals surface area contributed by atoms with Gasteiger partial charge in [-0.2, -0.15) is 0 Å². The summed E-state index contributed by atoms with van der Waals surface area (Å²) in [5.41, 5.74) is 1.15. The third-order valence-corrected chi connectivity index (χ3v) is 7.02. The Kier molecular flexibility index (Phi) is 7.65. The molecule has 3 rings (SSSR count). The van der Waals surface area contributed by atoms with E-state index < -0.39 is 0 Å². The predicted octanol–water partition coefficient (Wildman–Crippen LogP) is 8.28. The van der Waals surface area contributed by atoms with Gasteiger partial charge >= 0.3 is 0 Å². The monoisotopic (exact) mass is 364 g/mol. The summed E-state index contributed by atoms with van der Waals surface area (Å²) in [5.74, 6) is 2.24. The van der Waals surface area contributed by atoms with E-state index in [0.717, 1.165) is 17.4 Å². The van der Waals surface area contributed by atoms with Gasteiger partial charge in [0.2, 0.25) is 0 Å². The summed E-state index contributed by atoms with van der Waals surface area (Å²) < 4.78 is 13.6. The third-order valence-electron chi connectivity index (χ3n) is 6.71. The summed E-state index contributed by atoms with van der Waals surface area (Å²) in [6.45, 7) is 0. The Labute approximate surface area is 158 Å². The van der Waals surface area contributed by atoms with Crippen molar-refractivity contribution in [3.8, 4) is 0 Å². The molecule has 0 N–H and O–H groups in total. The summed E-state index contributed by atoms with van der Waals surface area (Å²) in [5, 5.41) is 0.241. The first kappa shape index (κ1) is 19.2. The van der Waals surface area contributed by atoms with Crippen LogP contribution in [0.15, 0.2) is 18.2 Å². The number of unbranched alkanes of at least 4 members (excludes halogenated alkanes) is 3. The van der Waals surface area contributed by atoms with Crippen molar-refractivity contribution in [1.29, 1.82) is 0 Å². The first-order valence-corrected chi connectivity index (χ1v) is 11.0. The van der Waals surface area contributed by atoms with Crippen molar-refractivity contribution in [2.45, 2.75) is 95.8 Å². The van der Waals surface area contributed by atoms with E-state index in [1.54, 1.807) is 12.1 Å². The molecule has 1 aromatic carbocycles. The lowest BCUT2D eigenvalue weighted by Gasteiger charge is -2.29. The van der Waals surface area contributed by atoms with Crippen LogP contribution in [0.25, 0.3) is 0 Å². The molecule has 1 aromatic rings. The largest absolute Gasteiger partial charge is 0.205 e. The summed E-state index contributed by atoms with van der Waals surface area (Å²) in [6.07, 6.45) is 19.7. The van der Waals surface area contributed by atoms with Crippen molar-refractivity contribution in [2.24, 2.45) is 11.8 Å². The van der Waals surface area contributed by atoms with Crippen LogP contribution in [0.2, 0.25) is 5.02 Å². The van der Waals surface area contributed by atoms with Crippen molar-refractivity contribution in [3.05, 3.63) is 34.6 Å². The van der Waals surface area contributed by atoms with Gasteiger partial charge in [-0.1, -0.05) is 81.9 Å². The van der Waals surface area contributed by atoms with Gasteiger partial charge in [0.15, 0.2) is 0 Å². The SMILES string of the molecule is Fc1cc(C2CCC(CCCCCCC3CCCC3)CC2)ccc1Cl. The Bertz CT molecular complexity index is 513. The van der Waals surface area contributed by atoms with Crippen LogP contribution in [0.1, 0.15) is 101 Å². The zero-order valence-electron chi connectivity index (χ0n) is 15.6. The van der Waals surface area contributed by atoms with Crippen LogP contribution in [-0.2, 0) is 0 Å². The molecule has 25 heavy (non-hydrogen) atoms. The van der Waals surface area contributed by atoms with Crippen molar-refractivity contribution < 1.29 is 4.39 Å². The van der Waals surface area contributed by atoms with Gasteiger partial charge < -0.3 is 0 Å². The molecule has 0 bridgehead atoms. The molecule has 2 fully saturated rings. The lowest BCUT2D eigenvalue weighted by molar-refractivity contribution is 0.301. The molecule has 0 atom stereocenters. The lowest BCUT2D eigenvalue weighted by Crippen LogP contribution is -2.13. The van der Waals surface area contributed by atoms with Gasteiger partial charge in [-0.15, -0.1) is 0 Å². The van der Waals surface area contributed by atoms with E-state index in [9.17, 15) is 4.39 Å². The van der Waals surface area contributed by atoms with Gasteiger partial charge in [0.1, 0.15) is 5.82 Å². The van der Waals surface area contributed by atoms with Crippen LogP contribution in [0.5, 0.6) is 0 Å². The average molecular weight is 365 g/mol. The second-order valence-electron chi connectivity index (χ2n) is 8.53. The summed E-state index contributed by atoms with van der Waals surface area (Å²) in [7, 11) is 0. The molecule has 0 aliphatic heterocycles. The van der Waals surface area contributed by atoms with Gasteiger partial charge in [-0.3, -0.25) is 0 Å². The molecule has 0 aromatic heterocycles. The van der Waals surface area contributed by atoms with Crippen molar-refractivity contribution in [3.63, 3.8) is 0 Å². The first-order valence-electron chi connectivity index (χ1n) is 10.7. The first-order chi connectivity index (χ1) is 12.2. The van der Waals surface area contributed by atoms with E-state index in [4.69, 9.17) is 11.6 Å². The van der Waals surface area contributed by atoms with E-state index >= 15 is 0 Å². The molecule has 2 heteroatoms. The predicted molar refractivity (Wildman–Crippen MR) is 106 cm³/mol. The minimum atomic E-state index is -0.265. The highest BCUT2D eigenvalue weighted by Crippen LogP contribution is 2.38. The van der Waals surface area contributed by atoms with E-state index in [-0.39, 0.29) is 10.8 Å². The molecule has 140 valence electrons. The van der Waals surface area contributed by atoms with Gasteiger partial charge in [0, 0.05) is 0 Å². The fourth-order valence-corrected chi connectivity index (χ4v) is 5.19. The van der Waals surface area contributed by atoms with Gasteiger partial charge in [-0.05, 0) is 61.1 Å². The summed E-state index contributed by atoms with van der Waals surface area (Å²) >= 11 is 5.80. The molecule has 0 radical (unpaired) electrons. The van der Waals surface area contributed by atoms with Crippen molar-refractivity contribution >= 4 is 11.6 Å². The molecule has 0 nitrogen and oxygen atoms in total. The van der Waals surface area contributed by atoms with E-state index in [2.05, 4.69) is 0 Å². The molecule has 0 amide bonds. The molecule has 2 aliphatic rings. The molecule has 2 aliphatic carbocycles. The maximum atomic E-state index is 13.6. The van der Waals surface area contributed by atoms with Crippen LogP contribution in [0, 0.1) is 17.7 Å². The highest BCUT2D eigenvalue weighted by Gasteiger charge is 2.22. The van der Waals surface area contributed by atoms with Gasteiger partial charge in [0.25, 0.3) is 0 Å². The minimum Gasteiger partial charge on any atom is -0.205 e.